The smallest absolute Gasteiger partial charge is 0.271 e. The fraction of sp³-hybridized carbons (Fsp3) is 0.0909. The van der Waals surface area contributed by atoms with Gasteiger partial charge in [-0.15, -0.1) is 0 Å². The van der Waals surface area contributed by atoms with Crippen LogP contribution in [0.15, 0.2) is 75.1 Å². The van der Waals surface area contributed by atoms with E-state index in [0.717, 1.165) is 21.4 Å². The lowest BCUT2D eigenvalue weighted by atomic mass is 10.2. The molecule has 8 heteroatoms. The van der Waals surface area contributed by atoms with Crippen molar-refractivity contribution in [2.24, 2.45) is 0 Å². The maximum Gasteiger partial charge on any atom is 0.271 e. The third-order valence-electron chi connectivity index (χ3n) is 4.29. The molecule has 2 aromatic carbocycles. The summed E-state index contributed by atoms with van der Waals surface area (Å²) in [4.78, 5) is 15.0. The SMILES string of the molecule is COc1ccccc1N1C(=O)C(=Cc2ccc(SCc3ccc(Cl)cc3)o2)SC1=S. The van der Waals surface area contributed by atoms with Crippen LogP contribution in [-0.4, -0.2) is 17.3 Å². The highest BCUT2D eigenvalue weighted by Gasteiger charge is 2.35. The summed E-state index contributed by atoms with van der Waals surface area (Å²) in [5, 5.41) is 1.49. The second-order valence-electron chi connectivity index (χ2n) is 6.26. The van der Waals surface area contributed by atoms with E-state index in [-0.39, 0.29) is 5.91 Å². The Bertz CT molecular complexity index is 1120. The van der Waals surface area contributed by atoms with E-state index in [0.29, 0.717) is 26.4 Å². The molecule has 30 heavy (non-hydrogen) atoms. The molecule has 4 nitrogen and oxygen atoms in total. The maximum absolute atomic E-state index is 13.0. The Kier molecular flexibility index (Phi) is 6.53. The molecule has 1 aromatic heterocycles. The molecule has 0 bridgehead atoms. The van der Waals surface area contributed by atoms with Crippen molar-refractivity contribution in [2.45, 2.75) is 10.8 Å². The van der Waals surface area contributed by atoms with Crippen LogP contribution >= 0.6 is 47.3 Å². The topological polar surface area (TPSA) is 42.7 Å². The van der Waals surface area contributed by atoms with E-state index in [9.17, 15) is 4.79 Å². The van der Waals surface area contributed by atoms with Gasteiger partial charge in [-0.3, -0.25) is 9.69 Å². The molecular formula is C22H16ClNO3S3. The van der Waals surface area contributed by atoms with E-state index in [1.807, 2.05) is 54.6 Å². The van der Waals surface area contributed by atoms with Gasteiger partial charge >= 0.3 is 0 Å². The predicted molar refractivity (Wildman–Crippen MR) is 128 cm³/mol. The minimum atomic E-state index is -0.193. The minimum absolute atomic E-state index is 0.193. The number of carbonyl (C=O) groups excluding carboxylic acids is 1. The van der Waals surface area contributed by atoms with Crippen LogP contribution in [0, 0.1) is 0 Å². The summed E-state index contributed by atoms with van der Waals surface area (Å²) in [7, 11) is 1.57. The predicted octanol–water partition coefficient (Wildman–Crippen LogP) is 6.64. The Hall–Kier alpha value is -2.19. The number of hydrogen-bond acceptors (Lipinski definition) is 6. The highest BCUT2D eigenvalue weighted by molar-refractivity contribution is 8.27. The Morgan fingerprint density at radius 3 is 2.70 bits per heavy atom. The lowest BCUT2D eigenvalue weighted by molar-refractivity contribution is -0.113. The van der Waals surface area contributed by atoms with Gasteiger partial charge in [-0.1, -0.05) is 71.6 Å². The molecule has 0 N–H and O–H groups in total. The molecule has 1 aliphatic heterocycles. The maximum atomic E-state index is 13.0. The number of halogens is 1. The van der Waals surface area contributed by atoms with Crippen molar-refractivity contribution in [2.75, 3.05) is 12.0 Å². The quantitative estimate of drug-likeness (QED) is 0.227. The largest absolute Gasteiger partial charge is 0.495 e. The van der Waals surface area contributed by atoms with E-state index >= 15 is 0 Å². The summed E-state index contributed by atoms with van der Waals surface area (Å²) >= 11 is 14.2. The summed E-state index contributed by atoms with van der Waals surface area (Å²) in [5.41, 5.74) is 1.78. The second-order valence-corrected chi connectivity index (χ2v) is 9.35. The van der Waals surface area contributed by atoms with E-state index in [1.54, 1.807) is 31.0 Å². The normalized spacial score (nSPS) is 15.3. The van der Waals surface area contributed by atoms with Crippen molar-refractivity contribution in [3.05, 3.63) is 81.9 Å². The highest BCUT2D eigenvalue weighted by atomic mass is 35.5. The Morgan fingerprint density at radius 2 is 1.93 bits per heavy atom. The third-order valence-corrected chi connectivity index (χ3v) is 6.83. The van der Waals surface area contributed by atoms with Gasteiger partial charge in [0, 0.05) is 16.9 Å². The van der Waals surface area contributed by atoms with Gasteiger partial charge in [0.15, 0.2) is 9.41 Å². The van der Waals surface area contributed by atoms with Crippen molar-refractivity contribution < 1.29 is 13.9 Å². The van der Waals surface area contributed by atoms with E-state index in [2.05, 4.69) is 0 Å². The average molecular weight is 474 g/mol. The number of methoxy groups -OCH3 is 1. The zero-order chi connectivity index (χ0) is 21.1. The number of furan rings is 1. The first-order valence-corrected chi connectivity index (χ1v) is 11.5. The molecule has 2 heterocycles. The molecule has 0 saturated carbocycles. The van der Waals surface area contributed by atoms with Gasteiger partial charge < -0.3 is 9.15 Å². The average Bonchev–Trinajstić information content (AvgIpc) is 3.31. The van der Waals surface area contributed by atoms with Crippen molar-refractivity contribution in [3.8, 4) is 5.75 Å². The number of hydrogen-bond donors (Lipinski definition) is 0. The van der Waals surface area contributed by atoms with Gasteiger partial charge in [0.25, 0.3) is 5.91 Å². The number of ether oxygens (including phenoxy) is 1. The number of anilines is 1. The minimum Gasteiger partial charge on any atom is -0.495 e. The lowest BCUT2D eigenvalue weighted by Crippen LogP contribution is -2.27. The van der Waals surface area contributed by atoms with E-state index in [4.69, 9.17) is 33.0 Å². The standard InChI is InChI=1S/C22H16ClNO3S3/c1-26-18-5-3-2-4-17(18)24-21(25)19(30-22(24)28)12-16-10-11-20(27-16)29-13-14-6-8-15(23)9-7-14/h2-12H,13H2,1H3. The van der Waals surface area contributed by atoms with Gasteiger partial charge in [0.2, 0.25) is 0 Å². The van der Waals surface area contributed by atoms with Crippen LogP contribution in [-0.2, 0) is 10.5 Å². The number of thiocarbonyl (C=S) groups is 1. The molecule has 0 unspecified atom stereocenters. The molecule has 1 saturated heterocycles. The molecule has 1 amide bonds. The van der Waals surface area contributed by atoms with Gasteiger partial charge in [0.1, 0.15) is 11.5 Å². The van der Waals surface area contributed by atoms with Gasteiger partial charge in [0.05, 0.1) is 17.7 Å². The fourth-order valence-corrected chi connectivity index (χ4v) is 5.06. The molecule has 0 aliphatic carbocycles. The van der Waals surface area contributed by atoms with Crippen LogP contribution in [0.4, 0.5) is 5.69 Å². The monoisotopic (exact) mass is 473 g/mol. The summed E-state index contributed by atoms with van der Waals surface area (Å²) < 4.78 is 11.7. The molecular weight excluding hydrogens is 458 g/mol. The zero-order valence-electron chi connectivity index (χ0n) is 15.8. The number of nitrogens with zero attached hydrogens (tertiary/aromatic N) is 1. The molecule has 0 atom stereocenters. The number of carbonyl (C=O) groups is 1. The molecule has 3 aromatic rings. The molecule has 0 spiro atoms. The lowest BCUT2D eigenvalue weighted by Gasteiger charge is -2.17. The highest BCUT2D eigenvalue weighted by Crippen LogP contribution is 2.40. The van der Waals surface area contributed by atoms with Crippen LogP contribution in [0.25, 0.3) is 6.08 Å². The molecule has 1 aliphatic rings. The molecule has 152 valence electrons. The summed E-state index contributed by atoms with van der Waals surface area (Å²) in [6.45, 7) is 0. The summed E-state index contributed by atoms with van der Waals surface area (Å²) in [5.74, 6) is 1.77. The van der Waals surface area contributed by atoms with Crippen LogP contribution in [0.1, 0.15) is 11.3 Å². The van der Waals surface area contributed by atoms with Crippen molar-refractivity contribution in [3.63, 3.8) is 0 Å². The fourth-order valence-electron chi connectivity index (χ4n) is 2.84. The van der Waals surface area contributed by atoms with Crippen molar-refractivity contribution >= 4 is 69.3 Å². The third kappa shape index (κ3) is 4.59. The van der Waals surface area contributed by atoms with Gasteiger partial charge in [-0.25, -0.2) is 0 Å². The van der Waals surface area contributed by atoms with Crippen LogP contribution in [0.2, 0.25) is 5.02 Å². The zero-order valence-corrected chi connectivity index (χ0v) is 19.0. The molecule has 1 fully saturated rings. The first-order chi connectivity index (χ1) is 14.5. The Morgan fingerprint density at radius 1 is 1.17 bits per heavy atom. The summed E-state index contributed by atoms with van der Waals surface area (Å²) in [6.07, 6.45) is 1.72. The van der Waals surface area contributed by atoms with Crippen molar-refractivity contribution in [1.29, 1.82) is 0 Å². The number of thioether (sulfide) groups is 2. The van der Waals surface area contributed by atoms with Gasteiger partial charge in [-0.05, 0) is 42.0 Å². The first-order valence-electron chi connectivity index (χ1n) is 8.93. The summed E-state index contributed by atoms with van der Waals surface area (Å²) in [6, 6.07) is 18.8. The van der Waals surface area contributed by atoms with E-state index < -0.39 is 0 Å². The van der Waals surface area contributed by atoms with Crippen LogP contribution < -0.4 is 9.64 Å². The van der Waals surface area contributed by atoms with Crippen LogP contribution in [0.5, 0.6) is 5.75 Å². The molecule has 0 radical (unpaired) electrons. The molecule has 4 rings (SSSR count). The second kappa shape index (κ2) is 9.31. The van der Waals surface area contributed by atoms with Gasteiger partial charge in [-0.2, -0.15) is 0 Å². The Labute approximate surface area is 193 Å². The number of benzene rings is 2. The number of rotatable bonds is 6. The van der Waals surface area contributed by atoms with Crippen molar-refractivity contribution in [1.82, 2.24) is 0 Å². The van der Waals surface area contributed by atoms with E-state index in [1.165, 1.54) is 16.7 Å². The number of amides is 1. The number of para-hydroxylation sites is 2. The Balaban J connectivity index is 1.48. The van der Waals surface area contributed by atoms with Crippen LogP contribution in [0.3, 0.4) is 0 Å². The first kappa shape index (κ1) is 21.1.